The van der Waals surface area contributed by atoms with Crippen LogP contribution in [-0.2, 0) is 24.9 Å². The molecule has 0 bridgehead atoms. The average Bonchev–Trinajstić information content (AvgIpc) is 2.53. The highest BCUT2D eigenvalue weighted by Gasteiger charge is 2.15. The molecule has 10 heteroatoms. The zero-order valence-electron chi connectivity index (χ0n) is 13.1. The van der Waals surface area contributed by atoms with Crippen LogP contribution in [0.15, 0.2) is 58.3 Å². The molecule has 3 N–H and O–H groups in total. The average molecular weight is 384 g/mol. The van der Waals surface area contributed by atoms with Crippen molar-refractivity contribution < 1.29 is 26.2 Å². The molecule has 0 aliphatic rings. The minimum atomic E-state index is -4.32. The SMILES string of the molecule is Cc1ccc(S(=O)(=O)NCC(=O)Nc2ccc(S(=O)(=O)O)cc2)cc1. The highest BCUT2D eigenvalue weighted by Crippen LogP contribution is 2.14. The summed E-state index contributed by atoms with van der Waals surface area (Å²) in [5.74, 6) is -0.629. The van der Waals surface area contributed by atoms with Gasteiger partial charge in [0.2, 0.25) is 15.9 Å². The van der Waals surface area contributed by atoms with E-state index >= 15 is 0 Å². The van der Waals surface area contributed by atoms with Gasteiger partial charge in [-0.15, -0.1) is 0 Å². The summed E-state index contributed by atoms with van der Waals surface area (Å²) in [4.78, 5) is 11.6. The number of rotatable bonds is 6. The third kappa shape index (κ3) is 5.36. The Balaban J connectivity index is 1.97. The third-order valence-electron chi connectivity index (χ3n) is 3.19. The zero-order chi connectivity index (χ0) is 18.7. The Bertz CT molecular complexity index is 966. The quantitative estimate of drug-likeness (QED) is 0.641. The molecule has 0 spiro atoms. The molecule has 0 saturated carbocycles. The van der Waals surface area contributed by atoms with E-state index in [4.69, 9.17) is 4.55 Å². The van der Waals surface area contributed by atoms with Gasteiger partial charge in [-0.05, 0) is 43.3 Å². The molecule has 0 aliphatic heterocycles. The van der Waals surface area contributed by atoms with Crippen molar-refractivity contribution >= 4 is 31.7 Å². The van der Waals surface area contributed by atoms with Crippen molar-refractivity contribution in [2.45, 2.75) is 16.7 Å². The van der Waals surface area contributed by atoms with Gasteiger partial charge in [0.15, 0.2) is 0 Å². The van der Waals surface area contributed by atoms with Gasteiger partial charge in [0, 0.05) is 5.69 Å². The van der Waals surface area contributed by atoms with Gasteiger partial charge in [-0.1, -0.05) is 17.7 Å². The van der Waals surface area contributed by atoms with Crippen molar-refractivity contribution in [3.63, 3.8) is 0 Å². The summed E-state index contributed by atoms with van der Waals surface area (Å²) in [6, 6.07) is 10.9. The van der Waals surface area contributed by atoms with Crippen LogP contribution in [0.1, 0.15) is 5.56 Å². The van der Waals surface area contributed by atoms with Gasteiger partial charge in [0.05, 0.1) is 16.3 Å². The lowest BCUT2D eigenvalue weighted by Crippen LogP contribution is -2.32. The van der Waals surface area contributed by atoms with Gasteiger partial charge in [-0.25, -0.2) is 13.1 Å². The van der Waals surface area contributed by atoms with E-state index in [0.717, 1.165) is 17.7 Å². The van der Waals surface area contributed by atoms with E-state index in [0.29, 0.717) is 0 Å². The Hall–Kier alpha value is -2.27. The Morgan fingerprint density at radius 1 is 0.920 bits per heavy atom. The van der Waals surface area contributed by atoms with E-state index < -0.39 is 32.6 Å². The van der Waals surface area contributed by atoms with Gasteiger partial charge in [-0.3, -0.25) is 9.35 Å². The van der Waals surface area contributed by atoms with Crippen LogP contribution in [0.5, 0.6) is 0 Å². The van der Waals surface area contributed by atoms with Crippen molar-refractivity contribution in [2.75, 3.05) is 11.9 Å². The molecule has 1 amide bonds. The minimum Gasteiger partial charge on any atom is -0.325 e. The van der Waals surface area contributed by atoms with Crippen LogP contribution in [0.25, 0.3) is 0 Å². The molecular formula is C15H16N2O6S2. The first-order valence-electron chi connectivity index (χ1n) is 7.02. The first kappa shape index (κ1) is 19.1. The van der Waals surface area contributed by atoms with Crippen LogP contribution in [0, 0.1) is 6.92 Å². The molecule has 0 aromatic heterocycles. The Morgan fingerprint density at radius 2 is 1.44 bits per heavy atom. The minimum absolute atomic E-state index is 0.0448. The Morgan fingerprint density at radius 3 is 1.96 bits per heavy atom. The number of benzene rings is 2. The van der Waals surface area contributed by atoms with Crippen LogP contribution >= 0.6 is 0 Å². The molecule has 0 radical (unpaired) electrons. The zero-order valence-corrected chi connectivity index (χ0v) is 14.8. The van der Waals surface area contributed by atoms with E-state index in [1.807, 2.05) is 6.92 Å². The molecule has 0 atom stereocenters. The molecular weight excluding hydrogens is 368 g/mol. The van der Waals surface area contributed by atoms with Crippen LogP contribution in [-0.4, -0.2) is 33.8 Å². The van der Waals surface area contributed by atoms with E-state index in [-0.39, 0.29) is 15.5 Å². The predicted molar refractivity (Wildman–Crippen MR) is 91.3 cm³/mol. The number of nitrogens with one attached hydrogen (secondary N) is 2. The first-order chi connectivity index (χ1) is 11.6. The van der Waals surface area contributed by atoms with Crippen molar-refractivity contribution in [3.8, 4) is 0 Å². The molecule has 0 saturated heterocycles. The molecule has 134 valence electrons. The molecule has 0 unspecified atom stereocenters. The Kier molecular flexibility index (Phi) is 5.58. The summed E-state index contributed by atoms with van der Waals surface area (Å²) in [7, 11) is -8.13. The van der Waals surface area contributed by atoms with E-state index in [1.165, 1.54) is 24.3 Å². The van der Waals surface area contributed by atoms with Crippen molar-refractivity contribution in [2.24, 2.45) is 0 Å². The normalized spacial score (nSPS) is 11.9. The third-order valence-corrected chi connectivity index (χ3v) is 5.47. The van der Waals surface area contributed by atoms with Gasteiger partial charge < -0.3 is 5.32 Å². The number of hydrogen-bond donors (Lipinski definition) is 3. The highest BCUT2D eigenvalue weighted by molar-refractivity contribution is 7.89. The van der Waals surface area contributed by atoms with Crippen LogP contribution in [0.4, 0.5) is 5.69 Å². The van der Waals surface area contributed by atoms with E-state index in [9.17, 15) is 21.6 Å². The number of anilines is 1. The van der Waals surface area contributed by atoms with Crippen molar-refractivity contribution in [3.05, 3.63) is 54.1 Å². The number of hydrogen-bond acceptors (Lipinski definition) is 5. The fourth-order valence-electron chi connectivity index (χ4n) is 1.88. The maximum Gasteiger partial charge on any atom is 0.294 e. The van der Waals surface area contributed by atoms with Crippen molar-refractivity contribution in [1.82, 2.24) is 4.72 Å². The fraction of sp³-hybridized carbons (Fsp3) is 0.133. The molecule has 0 fully saturated rings. The monoisotopic (exact) mass is 384 g/mol. The smallest absolute Gasteiger partial charge is 0.294 e. The summed E-state index contributed by atoms with van der Waals surface area (Å²) >= 11 is 0. The Labute approximate surface area is 145 Å². The summed E-state index contributed by atoms with van der Waals surface area (Å²) in [6.07, 6.45) is 0. The first-order valence-corrected chi connectivity index (χ1v) is 9.94. The van der Waals surface area contributed by atoms with Crippen LogP contribution in [0.2, 0.25) is 0 Å². The number of carbonyl (C=O) groups excluding carboxylic acids is 1. The second kappa shape index (κ2) is 7.31. The molecule has 25 heavy (non-hydrogen) atoms. The second-order valence-corrected chi connectivity index (χ2v) is 8.37. The standard InChI is InChI=1S/C15H16N2O6S2/c1-11-2-6-13(7-3-11)24(19,20)16-10-15(18)17-12-4-8-14(9-5-12)25(21,22)23/h2-9,16H,10H2,1H3,(H,17,18)(H,21,22,23). The number of sulfonamides is 1. The number of carbonyl (C=O) groups is 1. The second-order valence-electron chi connectivity index (χ2n) is 5.19. The molecule has 8 nitrogen and oxygen atoms in total. The van der Waals surface area contributed by atoms with Crippen LogP contribution in [0.3, 0.4) is 0 Å². The predicted octanol–water partition coefficient (Wildman–Crippen LogP) is 1.16. The summed E-state index contributed by atoms with van der Waals surface area (Å²) in [6.45, 7) is 1.33. The lowest BCUT2D eigenvalue weighted by Gasteiger charge is -2.08. The summed E-state index contributed by atoms with van der Waals surface area (Å²) in [5, 5.41) is 2.41. The number of amides is 1. The van der Waals surface area contributed by atoms with Gasteiger partial charge in [0.25, 0.3) is 10.1 Å². The van der Waals surface area contributed by atoms with Gasteiger partial charge >= 0.3 is 0 Å². The maximum absolute atomic E-state index is 12.1. The topological polar surface area (TPSA) is 130 Å². The van der Waals surface area contributed by atoms with E-state index in [2.05, 4.69) is 10.0 Å². The molecule has 2 aromatic carbocycles. The summed E-state index contributed by atoms with van der Waals surface area (Å²) in [5.41, 5.74) is 1.16. The summed E-state index contributed by atoms with van der Waals surface area (Å²) < 4.78 is 57.0. The lowest BCUT2D eigenvalue weighted by molar-refractivity contribution is -0.115. The van der Waals surface area contributed by atoms with Crippen molar-refractivity contribution in [1.29, 1.82) is 0 Å². The van der Waals surface area contributed by atoms with Crippen LogP contribution < -0.4 is 10.0 Å². The molecule has 2 rings (SSSR count). The number of aryl methyl sites for hydroxylation is 1. The fourth-order valence-corrected chi connectivity index (χ4v) is 3.34. The molecule has 0 aliphatic carbocycles. The van der Waals surface area contributed by atoms with Gasteiger partial charge in [0.1, 0.15) is 0 Å². The highest BCUT2D eigenvalue weighted by atomic mass is 32.2. The molecule has 0 heterocycles. The molecule has 2 aromatic rings. The lowest BCUT2D eigenvalue weighted by atomic mass is 10.2. The van der Waals surface area contributed by atoms with E-state index in [1.54, 1.807) is 12.1 Å². The largest absolute Gasteiger partial charge is 0.325 e. The maximum atomic E-state index is 12.1. The van der Waals surface area contributed by atoms with Gasteiger partial charge in [-0.2, -0.15) is 8.42 Å².